The van der Waals surface area contributed by atoms with Gasteiger partial charge >= 0.3 is 0 Å². The Hall–Kier alpha value is -1.32. The molecule has 0 aliphatic rings. The van der Waals surface area contributed by atoms with Crippen LogP contribution in [0.1, 0.15) is 36.6 Å². The number of nitrogens with one attached hydrogen (secondary N) is 1. The predicted molar refractivity (Wildman–Crippen MR) is 92.0 cm³/mol. The van der Waals surface area contributed by atoms with Crippen LogP contribution in [0.25, 0.3) is 0 Å². The lowest BCUT2D eigenvalue weighted by Gasteiger charge is -2.23. The van der Waals surface area contributed by atoms with Crippen LogP contribution < -0.4 is 10.1 Å². The molecule has 3 heteroatoms. The highest BCUT2D eigenvalue weighted by atomic mass is 79.9. The highest BCUT2D eigenvalue weighted by Crippen LogP contribution is 2.34. The van der Waals surface area contributed by atoms with E-state index in [-0.39, 0.29) is 6.04 Å². The first-order valence-electron chi connectivity index (χ1n) is 7.38. The Morgan fingerprint density at radius 2 is 1.86 bits per heavy atom. The molecule has 0 fully saturated rings. The third-order valence-electron chi connectivity index (χ3n) is 3.41. The monoisotopic (exact) mass is 347 g/mol. The Labute approximate surface area is 135 Å². The number of halogens is 1. The first-order valence-corrected chi connectivity index (χ1v) is 8.17. The van der Waals surface area contributed by atoms with Gasteiger partial charge in [-0.2, -0.15) is 0 Å². The number of hydrogen-bond acceptors (Lipinski definition) is 2. The maximum atomic E-state index is 5.79. The van der Waals surface area contributed by atoms with E-state index in [0.29, 0.717) is 6.61 Å². The van der Waals surface area contributed by atoms with Gasteiger partial charge in [0.1, 0.15) is 5.75 Å². The molecule has 1 atom stereocenters. The Morgan fingerprint density at radius 3 is 2.52 bits per heavy atom. The van der Waals surface area contributed by atoms with Crippen molar-refractivity contribution in [1.29, 1.82) is 0 Å². The number of ether oxygens (including phenoxy) is 1. The molecule has 112 valence electrons. The number of para-hydroxylation sites is 1. The van der Waals surface area contributed by atoms with Crippen molar-refractivity contribution in [3.8, 4) is 5.75 Å². The summed E-state index contributed by atoms with van der Waals surface area (Å²) < 4.78 is 6.92. The zero-order chi connectivity index (χ0) is 15.2. The first kappa shape index (κ1) is 16.1. The van der Waals surface area contributed by atoms with Crippen LogP contribution in [0.5, 0.6) is 5.75 Å². The van der Waals surface area contributed by atoms with E-state index in [9.17, 15) is 0 Å². The van der Waals surface area contributed by atoms with Crippen molar-refractivity contribution in [2.24, 2.45) is 0 Å². The second-order valence-corrected chi connectivity index (χ2v) is 5.84. The summed E-state index contributed by atoms with van der Waals surface area (Å²) in [6, 6.07) is 14.8. The molecule has 1 unspecified atom stereocenters. The molecular weight excluding hydrogens is 326 g/mol. The maximum Gasteiger partial charge on any atom is 0.124 e. The average Bonchev–Trinajstić information content (AvgIpc) is 2.47. The van der Waals surface area contributed by atoms with Crippen LogP contribution in [-0.4, -0.2) is 13.2 Å². The molecular formula is C18H22BrNO. The third-order valence-corrected chi connectivity index (χ3v) is 4.09. The molecule has 0 amide bonds. The van der Waals surface area contributed by atoms with Crippen LogP contribution in [0.4, 0.5) is 0 Å². The number of hydrogen-bond donors (Lipinski definition) is 1. The van der Waals surface area contributed by atoms with Crippen LogP contribution in [0.2, 0.25) is 0 Å². The van der Waals surface area contributed by atoms with Crippen molar-refractivity contribution < 1.29 is 4.74 Å². The summed E-state index contributed by atoms with van der Waals surface area (Å²) in [4.78, 5) is 0. The fourth-order valence-corrected chi connectivity index (χ4v) is 3.19. The molecule has 0 spiro atoms. The summed E-state index contributed by atoms with van der Waals surface area (Å²) in [5.74, 6) is 0.943. The van der Waals surface area contributed by atoms with Gasteiger partial charge in [-0.1, -0.05) is 53.2 Å². The maximum absolute atomic E-state index is 5.79. The molecule has 0 aliphatic carbocycles. The van der Waals surface area contributed by atoms with Crippen LogP contribution in [0.3, 0.4) is 0 Å². The average molecular weight is 348 g/mol. The van der Waals surface area contributed by atoms with E-state index in [2.05, 4.69) is 65.4 Å². The van der Waals surface area contributed by atoms with Gasteiger partial charge in [0, 0.05) is 10.0 Å². The largest absolute Gasteiger partial charge is 0.494 e. The molecule has 0 heterocycles. The van der Waals surface area contributed by atoms with Gasteiger partial charge < -0.3 is 10.1 Å². The zero-order valence-electron chi connectivity index (χ0n) is 12.8. The Kier molecular flexibility index (Phi) is 5.83. The third kappa shape index (κ3) is 3.86. The molecule has 0 aliphatic heterocycles. The topological polar surface area (TPSA) is 21.3 Å². The van der Waals surface area contributed by atoms with Crippen molar-refractivity contribution in [2.45, 2.75) is 26.8 Å². The lowest BCUT2D eigenvalue weighted by atomic mass is 9.97. The van der Waals surface area contributed by atoms with Crippen LogP contribution in [0.15, 0.2) is 46.9 Å². The number of benzene rings is 2. The molecule has 2 aromatic carbocycles. The van der Waals surface area contributed by atoms with Gasteiger partial charge in [0.05, 0.1) is 12.6 Å². The standard InChI is InChI=1S/C18H22BrNO/c1-4-20-18(14-11-10-13(3)12-16(14)19)15-8-6-7-9-17(15)21-5-2/h6-12,18,20H,4-5H2,1-3H3. The van der Waals surface area contributed by atoms with E-state index < -0.39 is 0 Å². The fourth-order valence-electron chi connectivity index (χ4n) is 2.46. The van der Waals surface area contributed by atoms with Crippen LogP contribution in [0, 0.1) is 6.92 Å². The summed E-state index contributed by atoms with van der Waals surface area (Å²) >= 11 is 3.70. The van der Waals surface area contributed by atoms with E-state index in [1.54, 1.807) is 0 Å². The van der Waals surface area contributed by atoms with E-state index in [4.69, 9.17) is 4.74 Å². The minimum atomic E-state index is 0.118. The summed E-state index contributed by atoms with van der Waals surface area (Å²) in [6.07, 6.45) is 0. The molecule has 0 saturated heterocycles. The summed E-state index contributed by atoms with van der Waals surface area (Å²) in [7, 11) is 0. The number of rotatable bonds is 6. The van der Waals surface area contributed by atoms with Gasteiger partial charge in [-0.25, -0.2) is 0 Å². The van der Waals surface area contributed by atoms with Crippen LogP contribution >= 0.6 is 15.9 Å². The van der Waals surface area contributed by atoms with Crippen molar-refractivity contribution in [3.05, 3.63) is 63.6 Å². The molecule has 0 aromatic heterocycles. The second-order valence-electron chi connectivity index (χ2n) is 4.99. The van der Waals surface area contributed by atoms with Crippen LogP contribution in [-0.2, 0) is 0 Å². The lowest BCUT2D eigenvalue weighted by Crippen LogP contribution is -2.23. The van der Waals surface area contributed by atoms with E-state index in [1.807, 2.05) is 19.1 Å². The van der Waals surface area contributed by atoms with Gasteiger partial charge in [0.15, 0.2) is 0 Å². The highest BCUT2D eigenvalue weighted by molar-refractivity contribution is 9.10. The molecule has 0 bridgehead atoms. The minimum Gasteiger partial charge on any atom is -0.494 e. The van der Waals surface area contributed by atoms with Gasteiger partial charge in [0.2, 0.25) is 0 Å². The van der Waals surface area contributed by atoms with E-state index in [0.717, 1.165) is 16.8 Å². The molecule has 21 heavy (non-hydrogen) atoms. The summed E-state index contributed by atoms with van der Waals surface area (Å²) in [6.45, 7) is 7.81. The predicted octanol–water partition coefficient (Wildman–Crippen LogP) is 4.86. The van der Waals surface area contributed by atoms with E-state index in [1.165, 1.54) is 16.7 Å². The van der Waals surface area contributed by atoms with Crippen molar-refractivity contribution in [1.82, 2.24) is 5.32 Å². The Balaban J connectivity index is 2.48. The summed E-state index contributed by atoms with van der Waals surface area (Å²) in [5.41, 5.74) is 3.65. The Bertz CT molecular complexity index is 598. The molecule has 2 aromatic rings. The molecule has 0 radical (unpaired) electrons. The van der Waals surface area contributed by atoms with Crippen molar-refractivity contribution >= 4 is 15.9 Å². The Morgan fingerprint density at radius 1 is 1.10 bits per heavy atom. The molecule has 2 rings (SSSR count). The highest BCUT2D eigenvalue weighted by Gasteiger charge is 2.19. The van der Waals surface area contributed by atoms with Gasteiger partial charge in [-0.3, -0.25) is 0 Å². The van der Waals surface area contributed by atoms with Gasteiger partial charge in [-0.15, -0.1) is 0 Å². The van der Waals surface area contributed by atoms with Crippen molar-refractivity contribution in [2.75, 3.05) is 13.2 Å². The smallest absolute Gasteiger partial charge is 0.124 e. The summed E-state index contributed by atoms with van der Waals surface area (Å²) in [5, 5.41) is 3.56. The normalized spacial score (nSPS) is 12.2. The second kappa shape index (κ2) is 7.62. The van der Waals surface area contributed by atoms with E-state index >= 15 is 0 Å². The van der Waals surface area contributed by atoms with Crippen molar-refractivity contribution in [3.63, 3.8) is 0 Å². The molecule has 0 saturated carbocycles. The lowest BCUT2D eigenvalue weighted by molar-refractivity contribution is 0.333. The minimum absolute atomic E-state index is 0.118. The SMILES string of the molecule is CCNC(c1ccc(C)cc1Br)c1ccccc1OCC. The fraction of sp³-hybridized carbons (Fsp3) is 0.333. The van der Waals surface area contributed by atoms with Gasteiger partial charge in [-0.05, 0) is 43.7 Å². The molecule has 1 N–H and O–H groups in total. The first-order chi connectivity index (χ1) is 10.2. The van der Waals surface area contributed by atoms with Gasteiger partial charge in [0.25, 0.3) is 0 Å². The zero-order valence-corrected chi connectivity index (χ0v) is 14.4. The number of aryl methyl sites for hydroxylation is 1. The quantitative estimate of drug-likeness (QED) is 0.805. The molecule has 2 nitrogen and oxygen atoms in total.